The van der Waals surface area contributed by atoms with Crippen molar-refractivity contribution in [1.29, 1.82) is 0 Å². The van der Waals surface area contributed by atoms with Crippen LogP contribution in [0.3, 0.4) is 0 Å². The van der Waals surface area contributed by atoms with Crippen molar-refractivity contribution in [3.63, 3.8) is 0 Å². The summed E-state index contributed by atoms with van der Waals surface area (Å²) in [6.45, 7) is 4.52. The molecule has 0 atom stereocenters. The minimum atomic E-state index is 1.15. The Morgan fingerprint density at radius 3 is 1.14 bits per heavy atom. The first-order valence-corrected chi connectivity index (χ1v) is 12.4. The predicted molar refractivity (Wildman–Crippen MR) is 135 cm³/mol. The van der Waals surface area contributed by atoms with Crippen molar-refractivity contribution in [3.05, 3.63) is 72.9 Å². The van der Waals surface area contributed by atoms with Crippen LogP contribution in [0.4, 0.5) is 0 Å². The van der Waals surface area contributed by atoms with E-state index in [0.29, 0.717) is 0 Å². The average molecular weight is 397 g/mol. The Labute approximate surface area is 183 Å². The molecule has 0 amide bonds. The molecule has 0 N–H and O–H groups in total. The summed E-state index contributed by atoms with van der Waals surface area (Å²) >= 11 is 0. The summed E-state index contributed by atoms with van der Waals surface area (Å²) in [7, 11) is 0. The molecule has 0 fully saturated rings. The van der Waals surface area contributed by atoms with Crippen LogP contribution in [0.5, 0.6) is 0 Å². The fourth-order valence-electron chi connectivity index (χ4n) is 3.04. The maximum atomic E-state index is 2.32. The van der Waals surface area contributed by atoms with Crippen molar-refractivity contribution in [2.24, 2.45) is 0 Å². The van der Waals surface area contributed by atoms with E-state index in [9.17, 15) is 0 Å². The Balaban J connectivity index is 3.45. The van der Waals surface area contributed by atoms with E-state index in [-0.39, 0.29) is 0 Å². The van der Waals surface area contributed by atoms with Gasteiger partial charge in [-0.2, -0.15) is 0 Å². The highest BCUT2D eigenvalue weighted by atomic mass is 13.9. The minimum absolute atomic E-state index is 1.15. The fourth-order valence-corrected chi connectivity index (χ4v) is 3.04. The van der Waals surface area contributed by atoms with Crippen molar-refractivity contribution < 1.29 is 0 Å². The van der Waals surface area contributed by atoms with Crippen LogP contribution < -0.4 is 0 Å². The molecule has 0 aromatic rings. The van der Waals surface area contributed by atoms with Gasteiger partial charge in [-0.3, -0.25) is 0 Å². The predicted octanol–water partition coefficient (Wildman–Crippen LogP) is 10.2. The second kappa shape index (κ2) is 26.4. The van der Waals surface area contributed by atoms with Crippen molar-refractivity contribution in [3.8, 4) is 0 Å². The molecule has 0 nitrogen and oxygen atoms in total. The molecule has 0 aliphatic rings. The molecule has 0 aliphatic carbocycles. The van der Waals surface area contributed by atoms with Gasteiger partial charge in [0.15, 0.2) is 0 Å². The van der Waals surface area contributed by atoms with E-state index in [1.165, 1.54) is 89.9 Å². The summed E-state index contributed by atoms with van der Waals surface area (Å²) in [5.41, 5.74) is 0. The third kappa shape index (κ3) is 26.4. The van der Waals surface area contributed by atoms with Gasteiger partial charge in [0, 0.05) is 0 Å². The van der Waals surface area contributed by atoms with Crippen molar-refractivity contribution in [2.75, 3.05) is 0 Å². The van der Waals surface area contributed by atoms with Crippen LogP contribution in [0, 0.1) is 0 Å². The lowest BCUT2D eigenvalue weighted by Gasteiger charge is -1.98. The average Bonchev–Trinajstić information content (AvgIpc) is 2.74. The van der Waals surface area contributed by atoms with E-state index in [2.05, 4.69) is 86.8 Å². The van der Waals surface area contributed by atoms with Crippen LogP contribution in [0.1, 0.15) is 110 Å². The molecule has 0 aliphatic heterocycles. The smallest absolute Gasteiger partial charge is 0.0345 e. The quantitative estimate of drug-likeness (QED) is 0.142. The SMILES string of the molecule is CCCCCC=CC=CC=CC=CCCCC=CC=CCCCCCCCCC. The zero-order valence-electron chi connectivity index (χ0n) is 19.5. The summed E-state index contributed by atoms with van der Waals surface area (Å²) in [6, 6.07) is 0. The fraction of sp³-hybridized carbons (Fsp3) is 0.586. The molecule has 164 valence electrons. The Morgan fingerprint density at radius 1 is 0.310 bits per heavy atom. The molecule has 0 spiro atoms. The highest BCUT2D eigenvalue weighted by Crippen LogP contribution is 2.08. The highest BCUT2D eigenvalue weighted by molar-refractivity contribution is 5.15. The number of allylic oxidation sites excluding steroid dienone is 12. The number of hydrogen-bond donors (Lipinski definition) is 0. The molecule has 29 heavy (non-hydrogen) atoms. The van der Waals surface area contributed by atoms with Crippen molar-refractivity contribution >= 4 is 0 Å². The molecule has 0 radical (unpaired) electrons. The topological polar surface area (TPSA) is 0 Å². The van der Waals surface area contributed by atoms with E-state index in [1.807, 2.05) is 0 Å². The Bertz CT molecular complexity index is 470. The van der Waals surface area contributed by atoms with Crippen LogP contribution in [-0.4, -0.2) is 0 Å². The molecular formula is C29H48. The monoisotopic (exact) mass is 396 g/mol. The molecule has 0 aromatic heterocycles. The van der Waals surface area contributed by atoms with Gasteiger partial charge in [0.1, 0.15) is 0 Å². The molecule has 0 aromatic carbocycles. The molecule has 0 heteroatoms. The minimum Gasteiger partial charge on any atom is -0.0845 e. The van der Waals surface area contributed by atoms with Crippen molar-refractivity contribution in [1.82, 2.24) is 0 Å². The van der Waals surface area contributed by atoms with Gasteiger partial charge in [-0.1, -0.05) is 138 Å². The zero-order valence-corrected chi connectivity index (χ0v) is 19.5. The first-order valence-electron chi connectivity index (χ1n) is 12.4. The van der Waals surface area contributed by atoms with Crippen LogP contribution in [-0.2, 0) is 0 Å². The maximum absolute atomic E-state index is 2.32. The third-order valence-corrected chi connectivity index (χ3v) is 4.90. The molecule has 0 heterocycles. The molecule has 0 saturated heterocycles. The molecule has 0 unspecified atom stereocenters. The standard InChI is InChI=1S/C29H48/c1-3-5-7-9-11-13-15-17-19-21-23-25-27-29-28-26-24-22-20-18-16-14-12-10-8-6-4-2/h11,13,15,17,19-26H,3-10,12,14,16,18,27-29H2,1-2H3. The normalized spacial score (nSPS) is 13.0. The summed E-state index contributed by atoms with van der Waals surface area (Å²) in [5, 5.41) is 0. The Kier molecular flexibility index (Phi) is 25.0. The van der Waals surface area contributed by atoms with Gasteiger partial charge in [0.05, 0.1) is 0 Å². The van der Waals surface area contributed by atoms with E-state index in [1.54, 1.807) is 0 Å². The Hall–Kier alpha value is -1.56. The van der Waals surface area contributed by atoms with E-state index in [4.69, 9.17) is 0 Å². The van der Waals surface area contributed by atoms with E-state index < -0.39 is 0 Å². The summed E-state index contributed by atoms with van der Waals surface area (Å²) in [6.07, 6.45) is 46.0. The Morgan fingerprint density at radius 2 is 0.621 bits per heavy atom. The van der Waals surface area contributed by atoms with Gasteiger partial charge < -0.3 is 0 Å². The number of rotatable bonds is 20. The van der Waals surface area contributed by atoms with Crippen LogP contribution in [0.15, 0.2) is 72.9 Å². The third-order valence-electron chi connectivity index (χ3n) is 4.90. The van der Waals surface area contributed by atoms with Gasteiger partial charge in [-0.05, 0) is 44.9 Å². The largest absolute Gasteiger partial charge is 0.0845 e. The van der Waals surface area contributed by atoms with Gasteiger partial charge >= 0.3 is 0 Å². The van der Waals surface area contributed by atoms with E-state index >= 15 is 0 Å². The summed E-state index contributed by atoms with van der Waals surface area (Å²) in [4.78, 5) is 0. The molecular weight excluding hydrogens is 348 g/mol. The van der Waals surface area contributed by atoms with Gasteiger partial charge in [-0.15, -0.1) is 0 Å². The first-order chi connectivity index (χ1) is 14.4. The van der Waals surface area contributed by atoms with Gasteiger partial charge in [0.2, 0.25) is 0 Å². The number of hydrogen-bond acceptors (Lipinski definition) is 0. The van der Waals surface area contributed by atoms with Crippen molar-refractivity contribution in [2.45, 2.75) is 110 Å². The van der Waals surface area contributed by atoms with Gasteiger partial charge in [-0.25, -0.2) is 0 Å². The number of unbranched alkanes of at least 4 members (excludes halogenated alkanes) is 12. The van der Waals surface area contributed by atoms with Crippen LogP contribution >= 0.6 is 0 Å². The summed E-state index contributed by atoms with van der Waals surface area (Å²) in [5.74, 6) is 0. The van der Waals surface area contributed by atoms with Crippen LogP contribution in [0.2, 0.25) is 0 Å². The maximum Gasteiger partial charge on any atom is -0.0345 e. The summed E-state index contributed by atoms with van der Waals surface area (Å²) < 4.78 is 0. The molecule has 0 rings (SSSR count). The lowest BCUT2D eigenvalue weighted by atomic mass is 10.1. The molecule has 0 bridgehead atoms. The molecule has 0 saturated carbocycles. The first kappa shape index (κ1) is 27.4. The second-order valence-corrected chi connectivity index (χ2v) is 7.82. The van der Waals surface area contributed by atoms with Gasteiger partial charge in [0.25, 0.3) is 0 Å². The van der Waals surface area contributed by atoms with Crippen LogP contribution in [0.25, 0.3) is 0 Å². The lowest BCUT2D eigenvalue weighted by molar-refractivity contribution is 0.592. The zero-order chi connectivity index (χ0) is 21.1. The highest BCUT2D eigenvalue weighted by Gasteiger charge is 1.89. The lowest BCUT2D eigenvalue weighted by Crippen LogP contribution is -1.78. The van der Waals surface area contributed by atoms with E-state index in [0.717, 1.165) is 6.42 Å². The second-order valence-electron chi connectivity index (χ2n) is 7.82.